The van der Waals surface area contributed by atoms with E-state index in [0.29, 0.717) is 25.6 Å². The molecule has 0 heterocycles. The zero-order valence-corrected chi connectivity index (χ0v) is 15.1. The Morgan fingerprint density at radius 1 is 1.08 bits per heavy atom. The number of halogens is 2. The van der Waals surface area contributed by atoms with E-state index in [1.165, 1.54) is 18.2 Å². The van der Waals surface area contributed by atoms with Crippen LogP contribution in [0.25, 0.3) is 0 Å². The van der Waals surface area contributed by atoms with E-state index in [-0.39, 0.29) is 12.0 Å². The molecule has 25 heavy (non-hydrogen) atoms. The Morgan fingerprint density at radius 2 is 1.64 bits per heavy atom. The first-order valence-corrected chi connectivity index (χ1v) is 8.07. The first-order valence-electron chi connectivity index (χ1n) is 8.07. The number of hydrogen-bond donors (Lipinski definition) is 3. The number of rotatable bonds is 6. The van der Waals surface area contributed by atoms with Crippen molar-refractivity contribution < 1.29 is 18.3 Å². The average Bonchev–Trinajstić information content (AvgIpc) is 2.50. The number of alkyl carbamates (subject to hydrolysis) is 1. The van der Waals surface area contributed by atoms with Crippen molar-refractivity contribution in [1.29, 1.82) is 0 Å². The van der Waals surface area contributed by atoms with Gasteiger partial charge >= 0.3 is 6.09 Å². The van der Waals surface area contributed by atoms with E-state index >= 15 is 0 Å². The van der Waals surface area contributed by atoms with Gasteiger partial charge in [-0.15, -0.1) is 0 Å². The molecule has 0 aliphatic heterocycles. The maximum absolute atomic E-state index is 13.5. The quantitative estimate of drug-likeness (QED) is 0.415. The minimum atomic E-state index is -0.564. The summed E-state index contributed by atoms with van der Waals surface area (Å²) in [4.78, 5) is 15.5. The van der Waals surface area contributed by atoms with Crippen LogP contribution >= 0.6 is 0 Å². The number of ether oxygens (including phenoxy) is 1. The molecule has 1 aromatic carbocycles. The molecule has 0 aliphatic rings. The highest BCUT2D eigenvalue weighted by Gasteiger charge is 2.15. The summed E-state index contributed by atoms with van der Waals surface area (Å²) in [7, 11) is 1.58. The van der Waals surface area contributed by atoms with Crippen molar-refractivity contribution in [3.63, 3.8) is 0 Å². The number of benzene rings is 1. The Kier molecular flexibility index (Phi) is 8.10. The third-order valence-electron chi connectivity index (χ3n) is 3.04. The van der Waals surface area contributed by atoms with E-state index in [1.807, 2.05) is 0 Å². The number of guanidine groups is 1. The fourth-order valence-electron chi connectivity index (χ4n) is 1.96. The van der Waals surface area contributed by atoms with Gasteiger partial charge in [0.15, 0.2) is 5.96 Å². The number of nitrogens with one attached hydrogen (secondary N) is 3. The van der Waals surface area contributed by atoms with Crippen molar-refractivity contribution in [2.75, 3.05) is 26.7 Å². The molecule has 0 unspecified atom stereocenters. The van der Waals surface area contributed by atoms with Crippen LogP contribution in [0.5, 0.6) is 0 Å². The van der Waals surface area contributed by atoms with Gasteiger partial charge in [-0.2, -0.15) is 0 Å². The van der Waals surface area contributed by atoms with Crippen LogP contribution in [0.4, 0.5) is 13.6 Å². The first kappa shape index (κ1) is 20.7. The summed E-state index contributed by atoms with van der Waals surface area (Å²) in [6.07, 6.45) is -0.303. The topological polar surface area (TPSA) is 74.8 Å². The van der Waals surface area contributed by atoms with Gasteiger partial charge in [0, 0.05) is 32.2 Å². The highest BCUT2D eigenvalue weighted by Crippen LogP contribution is 2.11. The number of nitrogens with zero attached hydrogens (tertiary/aromatic N) is 1. The third kappa shape index (κ3) is 8.32. The molecule has 1 rings (SSSR count). The van der Waals surface area contributed by atoms with E-state index in [0.717, 1.165) is 0 Å². The Labute approximate surface area is 147 Å². The lowest BCUT2D eigenvalue weighted by Crippen LogP contribution is -2.43. The van der Waals surface area contributed by atoms with Crippen LogP contribution in [0.15, 0.2) is 23.2 Å². The molecule has 0 spiro atoms. The van der Waals surface area contributed by atoms with Gasteiger partial charge in [0.05, 0.1) is 0 Å². The summed E-state index contributed by atoms with van der Waals surface area (Å²) < 4.78 is 32.2. The minimum Gasteiger partial charge on any atom is -0.444 e. The Bertz CT molecular complexity index is 581. The number of amides is 1. The second kappa shape index (κ2) is 9.80. The molecule has 0 saturated heterocycles. The van der Waals surface area contributed by atoms with Crippen LogP contribution in [0.1, 0.15) is 26.3 Å². The Balaban J connectivity index is 2.28. The van der Waals surface area contributed by atoms with Gasteiger partial charge in [-0.25, -0.2) is 13.6 Å². The summed E-state index contributed by atoms with van der Waals surface area (Å²) >= 11 is 0. The van der Waals surface area contributed by atoms with Crippen molar-refractivity contribution in [3.05, 3.63) is 35.4 Å². The molecule has 140 valence electrons. The Morgan fingerprint density at radius 3 is 2.20 bits per heavy atom. The monoisotopic (exact) mass is 356 g/mol. The summed E-state index contributed by atoms with van der Waals surface area (Å²) in [6, 6.07) is 3.79. The van der Waals surface area contributed by atoms with E-state index in [2.05, 4.69) is 20.9 Å². The fraction of sp³-hybridized carbons (Fsp3) is 0.529. The van der Waals surface area contributed by atoms with E-state index < -0.39 is 23.3 Å². The molecule has 0 saturated carbocycles. The molecule has 3 N–H and O–H groups in total. The number of aliphatic imine (C=N–C) groups is 1. The molecule has 0 radical (unpaired) electrons. The van der Waals surface area contributed by atoms with Crippen LogP contribution in [0.2, 0.25) is 0 Å². The molecule has 6 nitrogen and oxygen atoms in total. The lowest BCUT2D eigenvalue weighted by molar-refractivity contribution is 0.0529. The van der Waals surface area contributed by atoms with E-state index in [9.17, 15) is 13.6 Å². The van der Waals surface area contributed by atoms with Crippen LogP contribution in [-0.2, 0) is 11.2 Å². The lowest BCUT2D eigenvalue weighted by Gasteiger charge is -2.20. The summed E-state index contributed by atoms with van der Waals surface area (Å²) in [6.45, 7) is 6.44. The second-order valence-electron chi connectivity index (χ2n) is 6.30. The maximum Gasteiger partial charge on any atom is 0.407 e. The maximum atomic E-state index is 13.5. The highest BCUT2D eigenvalue weighted by molar-refractivity contribution is 5.79. The molecule has 8 heteroatoms. The second-order valence-corrected chi connectivity index (χ2v) is 6.30. The van der Waals surface area contributed by atoms with E-state index in [4.69, 9.17) is 4.74 Å². The third-order valence-corrected chi connectivity index (χ3v) is 3.04. The van der Waals surface area contributed by atoms with Gasteiger partial charge < -0.3 is 20.7 Å². The van der Waals surface area contributed by atoms with E-state index in [1.54, 1.807) is 27.8 Å². The molecular weight excluding hydrogens is 330 g/mol. The first-order chi connectivity index (χ1) is 11.7. The minimum absolute atomic E-state index is 0.0389. The van der Waals surface area contributed by atoms with Crippen molar-refractivity contribution in [2.45, 2.75) is 32.8 Å². The number of carbonyl (C=O) groups is 1. The van der Waals surface area contributed by atoms with Gasteiger partial charge in [0.25, 0.3) is 0 Å². The van der Waals surface area contributed by atoms with Crippen molar-refractivity contribution in [1.82, 2.24) is 16.0 Å². The molecular formula is C17H26F2N4O2. The van der Waals surface area contributed by atoms with Gasteiger partial charge in [-0.3, -0.25) is 4.99 Å². The van der Waals surface area contributed by atoms with Crippen LogP contribution < -0.4 is 16.0 Å². The normalized spacial score (nSPS) is 11.8. The summed E-state index contributed by atoms with van der Waals surface area (Å²) in [5.74, 6) is -0.652. The van der Waals surface area contributed by atoms with Crippen LogP contribution in [-0.4, -0.2) is 44.3 Å². The summed E-state index contributed by atoms with van der Waals surface area (Å²) in [5.41, 5.74) is -0.506. The average molecular weight is 356 g/mol. The standard InChI is InChI=1S/C17H26F2N4O2/c1-17(2,3)25-16(24)23-11-10-22-15(20-4)21-9-8-12-13(18)6-5-7-14(12)19/h5-7H,8-11H2,1-4H3,(H,23,24)(H2,20,21,22). The molecule has 0 aliphatic carbocycles. The van der Waals surface area contributed by atoms with Crippen molar-refractivity contribution in [2.24, 2.45) is 4.99 Å². The van der Waals surface area contributed by atoms with Gasteiger partial charge in [0.2, 0.25) is 0 Å². The predicted octanol–water partition coefficient (Wildman–Crippen LogP) is 2.20. The highest BCUT2D eigenvalue weighted by atomic mass is 19.1. The molecule has 1 aromatic rings. The molecule has 0 atom stereocenters. The SMILES string of the molecule is CN=C(NCCNC(=O)OC(C)(C)C)NCCc1c(F)cccc1F. The largest absolute Gasteiger partial charge is 0.444 e. The number of carbonyl (C=O) groups excluding carboxylic acids is 1. The molecule has 1 amide bonds. The molecule has 0 bridgehead atoms. The lowest BCUT2D eigenvalue weighted by atomic mass is 10.1. The van der Waals surface area contributed by atoms with Gasteiger partial charge in [-0.1, -0.05) is 6.07 Å². The zero-order chi connectivity index (χ0) is 18.9. The van der Waals surface area contributed by atoms with Gasteiger partial charge in [0.1, 0.15) is 17.2 Å². The zero-order valence-electron chi connectivity index (χ0n) is 15.1. The Hall–Kier alpha value is -2.38. The van der Waals surface area contributed by atoms with Crippen LogP contribution in [0.3, 0.4) is 0 Å². The molecule has 0 aromatic heterocycles. The molecule has 0 fully saturated rings. The van der Waals surface area contributed by atoms with Gasteiger partial charge in [-0.05, 0) is 39.3 Å². The number of hydrogen-bond acceptors (Lipinski definition) is 3. The van der Waals surface area contributed by atoms with Crippen molar-refractivity contribution >= 4 is 12.1 Å². The van der Waals surface area contributed by atoms with Crippen LogP contribution in [0, 0.1) is 11.6 Å². The predicted molar refractivity (Wildman–Crippen MR) is 93.7 cm³/mol. The van der Waals surface area contributed by atoms with Crippen molar-refractivity contribution in [3.8, 4) is 0 Å². The smallest absolute Gasteiger partial charge is 0.407 e. The fourth-order valence-corrected chi connectivity index (χ4v) is 1.96. The summed E-state index contributed by atoms with van der Waals surface area (Å²) in [5, 5.41) is 8.55.